The molecular formula is C32H30N2O. The van der Waals surface area contributed by atoms with E-state index in [2.05, 4.69) is 115 Å². The Morgan fingerprint density at radius 3 is 1.17 bits per heavy atom. The molecule has 2 heterocycles. The van der Waals surface area contributed by atoms with Crippen LogP contribution in [0.25, 0.3) is 0 Å². The number of Topliss-reactive ketones (excluding diaryl/α,β-unsaturated/α-hetero) is 1. The van der Waals surface area contributed by atoms with Gasteiger partial charge in [0, 0.05) is 24.2 Å². The summed E-state index contributed by atoms with van der Waals surface area (Å²) in [7, 11) is 0. The van der Waals surface area contributed by atoms with Crippen LogP contribution in [-0.4, -0.2) is 5.78 Å². The van der Waals surface area contributed by atoms with Crippen molar-refractivity contribution in [3.05, 3.63) is 144 Å². The van der Waals surface area contributed by atoms with Crippen LogP contribution < -0.4 is 10.6 Å². The van der Waals surface area contributed by atoms with E-state index in [0.29, 0.717) is 5.78 Å². The van der Waals surface area contributed by atoms with Crippen molar-refractivity contribution in [1.82, 2.24) is 10.6 Å². The number of carbonyl (C=O) groups excluding carboxylic acids is 1. The van der Waals surface area contributed by atoms with Crippen molar-refractivity contribution in [1.29, 1.82) is 0 Å². The normalized spacial score (nSPS) is 30.1. The van der Waals surface area contributed by atoms with E-state index in [1.807, 2.05) is 24.3 Å². The second kappa shape index (κ2) is 8.92. The molecular weight excluding hydrogens is 428 g/mol. The van der Waals surface area contributed by atoms with E-state index in [1.165, 1.54) is 0 Å². The molecule has 6 rings (SSSR count). The van der Waals surface area contributed by atoms with Gasteiger partial charge in [0.1, 0.15) is 5.78 Å². The minimum atomic E-state index is -0.663. The van der Waals surface area contributed by atoms with Crippen molar-refractivity contribution >= 4 is 5.78 Å². The quantitative estimate of drug-likeness (QED) is 0.374. The van der Waals surface area contributed by atoms with E-state index in [-0.39, 0.29) is 30.1 Å². The molecule has 0 saturated carbocycles. The predicted molar refractivity (Wildman–Crippen MR) is 140 cm³/mol. The summed E-state index contributed by atoms with van der Waals surface area (Å²) in [5.41, 5.74) is 3.92. The Hall–Kier alpha value is -3.53. The predicted octanol–water partition coefficient (Wildman–Crippen LogP) is 6.35. The van der Waals surface area contributed by atoms with E-state index >= 15 is 0 Å². The summed E-state index contributed by atoms with van der Waals surface area (Å²) in [6.07, 6.45) is 0. The van der Waals surface area contributed by atoms with E-state index < -0.39 is 5.41 Å². The summed E-state index contributed by atoms with van der Waals surface area (Å²) in [6.45, 7) is 2.15. The number of benzene rings is 4. The molecule has 2 N–H and O–H groups in total. The third-order valence-electron chi connectivity index (χ3n) is 8.03. The lowest BCUT2D eigenvalue weighted by Crippen LogP contribution is -2.65. The van der Waals surface area contributed by atoms with Crippen LogP contribution in [0.1, 0.15) is 53.3 Å². The zero-order chi connectivity index (χ0) is 23.8. The third kappa shape index (κ3) is 3.63. The zero-order valence-electron chi connectivity index (χ0n) is 19.8. The largest absolute Gasteiger partial charge is 0.301 e. The molecule has 0 aliphatic carbocycles. The summed E-state index contributed by atoms with van der Waals surface area (Å²) in [6, 6.07) is 41.3. The van der Waals surface area contributed by atoms with Crippen molar-refractivity contribution in [2.24, 2.45) is 11.3 Å². The van der Waals surface area contributed by atoms with Crippen molar-refractivity contribution in [2.75, 3.05) is 0 Å². The van der Waals surface area contributed by atoms with Gasteiger partial charge in [-0.25, -0.2) is 0 Å². The highest BCUT2D eigenvalue weighted by Crippen LogP contribution is 2.58. The molecule has 2 aliphatic rings. The first-order valence-electron chi connectivity index (χ1n) is 12.4. The summed E-state index contributed by atoms with van der Waals surface area (Å²) >= 11 is 0. The first kappa shape index (κ1) is 22.0. The summed E-state index contributed by atoms with van der Waals surface area (Å²) in [5, 5.41) is 8.00. The molecule has 3 nitrogen and oxygen atoms in total. The van der Waals surface area contributed by atoms with Crippen LogP contribution in [0.2, 0.25) is 0 Å². The maximum absolute atomic E-state index is 14.8. The molecule has 4 aromatic carbocycles. The maximum atomic E-state index is 14.8. The Morgan fingerprint density at radius 1 is 0.514 bits per heavy atom. The zero-order valence-corrected chi connectivity index (χ0v) is 19.8. The van der Waals surface area contributed by atoms with Gasteiger partial charge in [-0.05, 0) is 29.2 Å². The fourth-order valence-corrected chi connectivity index (χ4v) is 6.32. The number of piperidine rings is 2. The Bertz CT molecular complexity index is 1200. The Balaban J connectivity index is 1.56. The lowest BCUT2D eigenvalue weighted by molar-refractivity contribution is -0.150. The van der Waals surface area contributed by atoms with Crippen LogP contribution in [0.5, 0.6) is 0 Å². The molecule has 4 aromatic rings. The molecule has 0 radical (unpaired) electrons. The summed E-state index contributed by atoms with van der Waals surface area (Å²) in [4.78, 5) is 14.8. The number of nitrogens with one attached hydrogen (secondary N) is 2. The van der Waals surface area contributed by atoms with Gasteiger partial charge in [-0.2, -0.15) is 0 Å². The van der Waals surface area contributed by atoms with E-state index in [9.17, 15) is 4.79 Å². The second-order valence-electron chi connectivity index (χ2n) is 9.97. The highest BCUT2D eigenvalue weighted by atomic mass is 16.1. The minimum Gasteiger partial charge on any atom is -0.301 e. The fourth-order valence-electron chi connectivity index (χ4n) is 6.32. The average Bonchev–Trinajstić information content (AvgIpc) is 2.92. The lowest BCUT2D eigenvalue weighted by Gasteiger charge is -2.58. The molecule has 35 heavy (non-hydrogen) atoms. The van der Waals surface area contributed by atoms with Gasteiger partial charge in [-0.3, -0.25) is 4.79 Å². The first-order chi connectivity index (χ1) is 17.2. The molecule has 2 bridgehead atoms. The fraction of sp³-hybridized carbons (Fsp3) is 0.219. The molecule has 0 unspecified atom stereocenters. The standard InChI is InChI=1S/C32H30N2O/c1-32-29(24-18-10-4-11-19-24)33-27(22-14-6-2-7-15-22)26(31(32)35)28(23-16-8-3-9-17-23)34-30(32)25-20-12-5-13-21-25/h2-21,26-30,33-34H,1H3/t26?,27-,28-,29+,30+,32?/m0/s1. The van der Waals surface area contributed by atoms with Crippen LogP contribution in [0, 0.1) is 11.3 Å². The van der Waals surface area contributed by atoms with E-state index in [1.54, 1.807) is 0 Å². The molecule has 2 aliphatic heterocycles. The van der Waals surface area contributed by atoms with Crippen molar-refractivity contribution < 1.29 is 4.79 Å². The topological polar surface area (TPSA) is 41.1 Å². The number of rotatable bonds is 4. The molecule has 3 heteroatoms. The van der Waals surface area contributed by atoms with Crippen LogP contribution >= 0.6 is 0 Å². The molecule has 174 valence electrons. The number of hydrogen-bond donors (Lipinski definition) is 2. The van der Waals surface area contributed by atoms with Gasteiger partial charge in [0.2, 0.25) is 0 Å². The number of fused-ring (bicyclic) bond motifs is 2. The molecule has 0 amide bonds. The van der Waals surface area contributed by atoms with Gasteiger partial charge < -0.3 is 10.6 Å². The van der Waals surface area contributed by atoms with E-state index in [4.69, 9.17) is 0 Å². The van der Waals surface area contributed by atoms with Crippen molar-refractivity contribution in [3.63, 3.8) is 0 Å². The van der Waals surface area contributed by atoms with Gasteiger partial charge in [0.15, 0.2) is 0 Å². The second-order valence-corrected chi connectivity index (χ2v) is 9.97. The monoisotopic (exact) mass is 458 g/mol. The first-order valence-corrected chi connectivity index (χ1v) is 12.4. The van der Waals surface area contributed by atoms with Gasteiger partial charge in [-0.15, -0.1) is 0 Å². The molecule has 0 spiro atoms. The lowest BCUT2D eigenvalue weighted by atomic mass is 9.56. The van der Waals surface area contributed by atoms with Crippen LogP contribution in [0.15, 0.2) is 121 Å². The highest BCUT2D eigenvalue weighted by Gasteiger charge is 2.61. The van der Waals surface area contributed by atoms with Gasteiger partial charge in [0.05, 0.1) is 11.3 Å². The van der Waals surface area contributed by atoms with Gasteiger partial charge in [0.25, 0.3) is 0 Å². The number of carbonyl (C=O) groups is 1. The van der Waals surface area contributed by atoms with Crippen LogP contribution in [0.4, 0.5) is 0 Å². The van der Waals surface area contributed by atoms with E-state index in [0.717, 1.165) is 22.3 Å². The van der Waals surface area contributed by atoms with Crippen molar-refractivity contribution in [3.8, 4) is 0 Å². The van der Waals surface area contributed by atoms with Crippen molar-refractivity contribution in [2.45, 2.75) is 31.1 Å². The summed E-state index contributed by atoms with van der Waals surface area (Å²) < 4.78 is 0. The highest BCUT2D eigenvalue weighted by molar-refractivity contribution is 5.92. The van der Waals surface area contributed by atoms with Gasteiger partial charge >= 0.3 is 0 Å². The molecule has 4 atom stereocenters. The minimum absolute atomic E-state index is 0.101. The van der Waals surface area contributed by atoms with Gasteiger partial charge in [-0.1, -0.05) is 121 Å². The number of hydrogen-bond acceptors (Lipinski definition) is 3. The Kier molecular flexibility index (Phi) is 5.60. The molecule has 2 saturated heterocycles. The average molecular weight is 459 g/mol. The molecule has 2 fully saturated rings. The smallest absolute Gasteiger partial charge is 0.149 e. The number of ketones is 1. The summed E-state index contributed by atoms with van der Waals surface area (Å²) in [5.74, 6) is 0.0881. The Morgan fingerprint density at radius 2 is 0.829 bits per heavy atom. The SMILES string of the molecule is CC12C(=O)C([C@H](c3ccccc3)N[C@@H]1c1ccccc1)[C@H](c1ccccc1)N[C@@H]2c1ccccc1. The maximum Gasteiger partial charge on any atom is 0.149 e. The Labute approximate surface area is 207 Å². The van der Waals surface area contributed by atoms with Crippen LogP contribution in [-0.2, 0) is 4.79 Å². The van der Waals surface area contributed by atoms with Crippen LogP contribution in [0.3, 0.4) is 0 Å². The third-order valence-corrected chi connectivity index (χ3v) is 8.03. The molecule has 0 aromatic heterocycles.